The average Bonchev–Trinajstić information content (AvgIpc) is 2.03. The Kier molecular flexibility index (Phi) is 6.57. The van der Waals surface area contributed by atoms with E-state index >= 15 is 0 Å². The number of alkyl halides is 1. The van der Waals surface area contributed by atoms with Crippen molar-refractivity contribution in [2.24, 2.45) is 0 Å². The molecule has 6 heteroatoms. The molecular weight excluding hydrogens is 283 g/mol. The van der Waals surface area contributed by atoms with E-state index in [9.17, 15) is 12.9 Å². The Morgan fingerprint density at radius 2 is 1.57 bits per heavy atom. The van der Waals surface area contributed by atoms with Gasteiger partial charge in [-0.2, -0.15) is 0 Å². The standard InChI is InChI=1S/C8H8BBrF3.K/c1-6(10)7-2-4-8(5-3-7)9(11,12)13;/h2-6H,1H3;/q-1;+1. The zero-order valence-corrected chi connectivity index (χ0v) is 12.7. The third-order valence-corrected chi connectivity index (χ3v) is 2.30. The fourth-order valence-electron chi connectivity index (χ4n) is 0.979. The molecule has 0 aliphatic heterocycles. The van der Waals surface area contributed by atoms with Crippen molar-refractivity contribution in [3.8, 4) is 0 Å². The molecule has 0 aromatic heterocycles. The van der Waals surface area contributed by atoms with Gasteiger partial charge in [0.1, 0.15) is 0 Å². The SMILES string of the molecule is CC(Br)c1ccc([B-](F)(F)F)cc1.[K+]. The van der Waals surface area contributed by atoms with Crippen molar-refractivity contribution in [1.82, 2.24) is 0 Å². The van der Waals surface area contributed by atoms with Gasteiger partial charge in [-0.15, -0.1) is 5.46 Å². The fraction of sp³-hybridized carbons (Fsp3) is 0.250. The van der Waals surface area contributed by atoms with Crippen LogP contribution in [0.1, 0.15) is 17.3 Å². The number of benzene rings is 1. The van der Waals surface area contributed by atoms with Crippen LogP contribution in [0.15, 0.2) is 24.3 Å². The van der Waals surface area contributed by atoms with Gasteiger partial charge in [-0.05, 0) is 12.5 Å². The third kappa shape index (κ3) is 4.37. The van der Waals surface area contributed by atoms with Crippen LogP contribution < -0.4 is 56.8 Å². The van der Waals surface area contributed by atoms with Crippen LogP contribution in [0.2, 0.25) is 0 Å². The zero-order valence-electron chi connectivity index (χ0n) is 7.98. The summed E-state index contributed by atoms with van der Waals surface area (Å²) in [6.07, 6.45) is 0. The van der Waals surface area contributed by atoms with Crippen LogP contribution in [-0.2, 0) is 0 Å². The first kappa shape index (κ1) is 15.2. The van der Waals surface area contributed by atoms with Gasteiger partial charge in [-0.25, -0.2) is 0 Å². The summed E-state index contributed by atoms with van der Waals surface area (Å²) in [7, 11) is 0. The van der Waals surface area contributed by atoms with Gasteiger partial charge in [0.25, 0.3) is 0 Å². The van der Waals surface area contributed by atoms with E-state index in [0.717, 1.165) is 17.7 Å². The molecule has 0 nitrogen and oxygen atoms in total. The summed E-state index contributed by atoms with van der Waals surface area (Å²) in [6, 6.07) is 5.22. The third-order valence-electron chi connectivity index (χ3n) is 1.77. The summed E-state index contributed by atoms with van der Waals surface area (Å²) in [5.74, 6) is 0. The number of halogens is 4. The molecule has 0 saturated heterocycles. The second kappa shape index (κ2) is 6.06. The van der Waals surface area contributed by atoms with Gasteiger partial charge in [0.2, 0.25) is 0 Å². The quantitative estimate of drug-likeness (QED) is 0.539. The molecule has 0 aliphatic rings. The molecule has 1 aromatic carbocycles. The maximum Gasteiger partial charge on any atom is 1.00 e. The molecule has 0 aliphatic carbocycles. The van der Waals surface area contributed by atoms with Crippen molar-refractivity contribution < 1.29 is 64.3 Å². The molecule has 1 unspecified atom stereocenters. The Morgan fingerprint density at radius 1 is 1.14 bits per heavy atom. The van der Waals surface area contributed by atoms with E-state index in [1.165, 1.54) is 12.1 Å². The van der Waals surface area contributed by atoms with Gasteiger partial charge in [0, 0.05) is 4.83 Å². The summed E-state index contributed by atoms with van der Waals surface area (Å²) in [5, 5.41) is 0. The van der Waals surface area contributed by atoms with Crippen LogP contribution in [-0.4, -0.2) is 6.98 Å². The molecule has 0 heterocycles. The van der Waals surface area contributed by atoms with Gasteiger partial charge < -0.3 is 12.9 Å². The minimum absolute atomic E-state index is 0. The largest absolute Gasteiger partial charge is 1.00 e. The summed E-state index contributed by atoms with van der Waals surface area (Å²) in [6.45, 7) is -2.99. The molecule has 72 valence electrons. The van der Waals surface area contributed by atoms with Crippen molar-refractivity contribution in [1.29, 1.82) is 0 Å². The second-order valence-corrected chi connectivity index (χ2v) is 4.23. The second-order valence-electron chi connectivity index (χ2n) is 2.86. The molecule has 1 atom stereocenters. The molecule has 1 rings (SSSR count). The topological polar surface area (TPSA) is 0 Å². The normalized spacial score (nSPS) is 13.2. The Bertz CT molecular complexity index is 284. The summed E-state index contributed by atoms with van der Waals surface area (Å²) >= 11 is 3.28. The van der Waals surface area contributed by atoms with Gasteiger partial charge in [0.15, 0.2) is 0 Å². The molecule has 0 fully saturated rings. The first-order valence-electron chi connectivity index (χ1n) is 3.85. The number of hydrogen-bond acceptors (Lipinski definition) is 0. The summed E-state index contributed by atoms with van der Waals surface area (Å²) in [5.41, 5.74) is 0.306. The van der Waals surface area contributed by atoms with E-state index < -0.39 is 12.4 Å². The fourth-order valence-corrected chi connectivity index (χ4v) is 1.28. The van der Waals surface area contributed by atoms with Crippen molar-refractivity contribution in [3.63, 3.8) is 0 Å². The van der Waals surface area contributed by atoms with E-state index in [-0.39, 0.29) is 56.2 Å². The number of rotatable bonds is 2. The summed E-state index contributed by atoms with van der Waals surface area (Å²) in [4.78, 5) is 0.0854. The van der Waals surface area contributed by atoms with E-state index in [1.54, 1.807) is 0 Å². The predicted molar refractivity (Wildman–Crippen MR) is 52.5 cm³/mol. The first-order chi connectivity index (χ1) is 5.91. The molecule has 0 amide bonds. The first-order valence-corrected chi connectivity index (χ1v) is 4.76. The molecule has 0 N–H and O–H groups in total. The summed E-state index contributed by atoms with van der Waals surface area (Å²) < 4.78 is 36.5. The number of hydrogen-bond donors (Lipinski definition) is 0. The van der Waals surface area contributed by atoms with E-state index in [2.05, 4.69) is 15.9 Å². The smallest absolute Gasteiger partial charge is 0.445 e. The van der Waals surface area contributed by atoms with Crippen LogP contribution >= 0.6 is 15.9 Å². The van der Waals surface area contributed by atoms with Gasteiger partial charge in [-0.1, -0.05) is 40.2 Å². The van der Waals surface area contributed by atoms with Gasteiger partial charge in [-0.3, -0.25) is 0 Å². The molecule has 0 bridgehead atoms. The van der Waals surface area contributed by atoms with Crippen molar-refractivity contribution in [3.05, 3.63) is 29.8 Å². The Hall–Kier alpha value is 1.19. The van der Waals surface area contributed by atoms with Gasteiger partial charge in [0.05, 0.1) is 0 Å². The maximum absolute atomic E-state index is 12.2. The Balaban J connectivity index is 0.00000169. The minimum atomic E-state index is -4.86. The Morgan fingerprint density at radius 3 is 1.86 bits per heavy atom. The molecular formula is C8H8BBrF3K. The van der Waals surface area contributed by atoms with Gasteiger partial charge >= 0.3 is 58.4 Å². The van der Waals surface area contributed by atoms with Crippen molar-refractivity contribution >= 4 is 28.4 Å². The van der Waals surface area contributed by atoms with Crippen molar-refractivity contribution in [2.75, 3.05) is 0 Å². The molecule has 0 saturated carbocycles. The monoisotopic (exact) mass is 290 g/mol. The minimum Gasteiger partial charge on any atom is -0.445 e. The molecule has 0 spiro atoms. The molecule has 14 heavy (non-hydrogen) atoms. The van der Waals surface area contributed by atoms with Crippen LogP contribution in [0.5, 0.6) is 0 Å². The van der Waals surface area contributed by atoms with Crippen LogP contribution in [0.3, 0.4) is 0 Å². The predicted octanol–water partition coefficient (Wildman–Crippen LogP) is 0.201. The average molecular weight is 291 g/mol. The maximum atomic E-state index is 12.2. The zero-order chi connectivity index (χ0) is 10.1. The molecule has 0 radical (unpaired) electrons. The van der Waals surface area contributed by atoms with Crippen molar-refractivity contribution in [2.45, 2.75) is 11.8 Å². The van der Waals surface area contributed by atoms with E-state index in [4.69, 9.17) is 0 Å². The molecule has 1 aromatic rings. The Labute approximate surface area is 132 Å². The van der Waals surface area contributed by atoms with E-state index in [1.807, 2.05) is 6.92 Å². The van der Waals surface area contributed by atoms with E-state index in [0.29, 0.717) is 0 Å². The van der Waals surface area contributed by atoms with Crippen LogP contribution in [0.4, 0.5) is 12.9 Å². The van der Waals surface area contributed by atoms with Crippen LogP contribution in [0.25, 0.3) is 0 Å². The van der Waals surface area contributed by atoms with Crippen LogP contribution in [0, 0.1) is 0 Å².